The Morgan fingerprint density at radius 2 is 1.95 bits per heavy atom. The van der Waals surface area contributed by atoms with Crippen molar-refractivity contribution in [1.82, 2.24) is 0 Å². The number of benzene rings is 1. The van der Waals surface area contributed by atoms with Crippen LogP contribution in [-0.4, -0.2) is 24.7 Å². The van der Waals surface area contributed by atoms with Gasteiger partial charge in [-0.25, -0.2) is 0 Å². The van der Waals surface area contributed by atoms with E-state index in [9.17, 15) is 8.42 Å². The molecule has 0 saturated heterocycles. The third-order valence-corrected chi connectivity index (χ3v) is 1.57. The number of phenolic OH excluding ortho intramolecular Hbond substituents is 1. The number of nitrogen functional groups attached to an aromatic ring is 1. The Balaban J connectivity index is -0.000000216. The quantitative estimate of drug-likeness (QED) is 0.126. The number of anilines is 1. The van der Waals surface area contributed by atoms with E-state index in [0.717, 1.165) is 0 Å². The molecule has 8 nitrogen and oxygen atoms in total. The second kappa shape index (κ2) is 13.6. The van der Waals surface area contributed by atoms with Crippen LogP contribution in [0.5, 0.6) is 5.75 Å². The molecular weight excluding hydrogens is 350 g/mol. The van der Waals surface area contributed by atoms with E-state index in [-0.39, 0.29) is 29.4 Å². The number of aromatic hydroxyl groups is 1. The summed E-state index contributed by atoms with van der Waals surface area (Å²) in [5.41, 5.74) is 5.64. The van der Waals surface area contributed by atoms with Crippen LogP contribution in [0.15, 0.2) is 18.2 Å². The SMILES string of the molecule is Nc1cc[c-]cc1O.O=[SH-]=O.[CH2-]COS(=O)(=O)O.[Cu+2]. The molecule has 0 atom stereocenters. The van der Waals surface area contributed by atoms with Gasteiger partial charge in [-0.2, -0.15) is 20.6 Å². The third-order valence-electron chi connectivity index (χ3n) is 1.11. The van der Waals surface area contributed by atoms with Crippen molar-refractivity contribution in [3.8, 4) is 5.75 Å². The summed E-state index contributed by atoms with van der Waals surface area (Å²) in [5, 5.41) is 8.76. The molecule has 0 aliphatic heterocycles. The zero-order valence-corrected chi connectivity index (χ0v) is 12.0. The predicted octanol–water partition coefficient (Wildman–Crippen LogP) is -0.0957. The van der Waals surface area contributed by atoms with Gasteiger partial charge in [-0.3, -0.25) is 8.74 Å². The molecule has 1 aromatic rings. The van der Waals surface area contributed by atoms with Crippen LogP contribution in [0, 0.1) is 13.0 Å². The molecule has 1 rings (SSSR count). The molecule has 1 aromatic carbocycles. The average molecular weight is 362 g/mol. The molecule has 0 aromatic heterocycles. The van der Waals surface area contributed by atoms with E-state index < -0.39 is 22.0 Å². The summed E-state index contributed by atoms with van der Waals surface area (Å²) in [7, 11) is -4.24. The van der Waals surface area contributed by atoms with Gasteiger partial charge in [-0.15, -0.1) is 12.1 Å². The molecule has 0 fully saturated rings. The van der Waals surface area contributed by atoms with Crippen molar-refractivity contribution in [2.75, 3.05) is 12.3 Å². The minimum absolute atomic E-state index is 0. The molecule has 0 unspecified atom stereocenters. The van der Waals surface area contributed by atoms with E-state index in [1.54, 1.807) is 12.1 Å². The van der Waals surface area contributed by atoms with Gasteiger partial charge in [0.15, 0.2) is 0 Å². The average Bonchev–Trinajstić information content (AvgIpc) is 2.23. The Bertz CT molecular complexity index is 453. The number of nitrogens with two attached hydrogens (primary N) is 1. The molecule has 19 heavy (non-hydrogen) atoms. The third kappa shape index (κ3) is 19.7. The molecule has 0 aliphatic carbocycles. The standard InChI is InChI=1S/C6H6NO.C2H5O4S.Cu.HO2S/c7-5-3-1-2-4-6(5)8;1-2-6-7(3,4)5;;1-3-2/h1,3-4,8H,7H2;1-2H2,(H,3,4,5);;3H/q2*-1;+2;-1. The van der Waals surface area contributed by atoms with Crippen molar-refractivity contribution in [3.63, 3.8) is 0 Å². The van der Waals surface area contributed by atoms with Crippen LogP contribution in [0.1, 0.15) is 0 Å². The summed E-state index contributed by atoms with van der Waals surface area (Å²) in [4.78, 5) is 0. The second-order valence-electron chi connectivity index (χ2n) is 2.31. The van der Waals surface area contributed by atoms with Crippen molar-refractivity contribution in [1.29, 1.82) is 0 Å². The molecule has 0 saturated carbocycles. The van der Waals surface area contributed by atoms with Crippen LogP contribution in [0.4, 0.5) is 5.69 Å². The maximum absolute atomic E-state index is 9.52. The summed E-state index contributed by atoms with van der Waals surface area (Å²) in [6.07, 6.45) is 0. The fourth-order valence-corrected chi connectivity index (χ4v) is 0.750. The van der Waals surface area contributed by atoms with Gasteiger partial charge in [-0.1, -0.05) is 18.2 Å². The minimum Gasteiger partial charge on any atom is -0.564 e. The first-order valence-corrected chi connectivity index (χ1v) is 6.18. The van der Waals surface area contributed by atoms with Gasteiger partial charge in [0.05, 0.1) is 0 Å². The molecule has 115 valence electrons. The van der Waals surface area contributed by atoms with Crippen LogP contribution >= 0.6 is 0 Å². The van der Waals surface area contributed by atoms with E-state index in [1.165, 1.54) is 6.07 Å². The maximum atomic E-state index is 9.52. The molecule has 0 aliphatic rings. The first kappa shape index (κ1) is 23.3. The van der Waals surface area contributed by atoms with Gasteiger partial charge in [0.1, 0.15) is 0 Å². The molecule has 0 heterocycles. The van der Waals surface area contributed by atoms with Gasteiger partial charge in [0.2, 0.25) is 0 Å². The largest absolute Gasteiger partial charge is 2.00 e. The zero-order chi connectivity index (χ0) is 14.6. The number of hydrogen-bond donors (Lipinski definition) is 3. The molecule has 1 radical (unpaired) electrons. The Kier molecular flexibility index (Phi) is 16.6. The first-order valence-electron chi connectivity index (χ1n) is 4.09. The molecule has 11 heteroatoms. The summed E-state index contributed by atoms with van der Waals surface area (Å²) in [6, 6.07) is 7.34. The van der Waals surface area contributed by atoms with Crippen molar-refractivity contribution in [3.05, 3.63) is 31.2 Å². The van der Waals surface area contributed by atoms with Crippen LogP contribution in [0.3, 0.4) is 0 Å². The smallest absolute Gasteiger partial charge is 0.564 e. The van der Waals surface area contributed by atoms with Gasteiger partial charge in [0.25, 0.3) is 0 Å². The van der Waals surface area contributed by atoms with Gasteiger partial charge >= 0.3 is 27.5 Å². The van der Waals surface area contributed by atoms with Crippen molar-refractivity contribution < 1.29 is 47.7 Å². The maximum Gasteiger partial charge on any atom is 2.00 e. The molecule has 4 N–H and O–H groups in total. The van der Waals surface area contributed by atoms with E-state index in [4.69, 9.17) is 23.8 Å². The van der Waals surface area contributed by atoms with Crippen LogP contribution in [0.2, 0.25) is 0 Å². The van der Waals surface area contributed by atoms with E-state index >= 15 is 0 Å². The summed E-state index contributed by atoms with van der Waals surface area (Å²) in [6.45, 7) is 2.73. The molecule has 0 amide bonds. The van der Waals surface area contributed by atoms with Gasteiger partial charge in [0, 0.05) is 5.75 Å². The minimum atomic E-state index is -4.24. The summed E-state index contributed by atoms with van der Waals surface area (Å²) < 4.78 is 47.1. The molecule has 0 bridgehead atoms. The van der Waals surface area contributed by atoms with Crippen LogP contribution < -0.4 is 5.73 Å². The summed E-state index contributed by atoms with van der Waals surface area (Å²) >= 11 is -1.08. The molecule has 0 spiro atoms. The van der Waals surface area contributed by atoms with Gasteiger partial charge in [-0.05, 0) is 5.69 Å². The van der Waals surface area contributed by atoms with E-state index in [0.29, 0.717) is 5.69 Å². The van der Waals surface area contributed by atoms with E-state index in [1.807, 2.05) is 0 Å². The number of rotatable bonds is 2. The topological polar surface area (TPSA) is 144 Å². The fourth-order valence-electron chi connectivity index (χ4n) is 0.539. The molecular formula is C8H12CuNO7S2-. The zero-order valence-electron chi connectivity index (χ0n) is 9.32. The summed E-state index contributed by atoms with van der Waals surface area (Å²) in [5.74, 6) is 0.0903. The van der Waals surface area contributed by atoms with E-state index in [2.05, 4.69) is 17.2 Å². The van der Waals surface area contributed by atoms with Crippen molar-refractivity contribution in [2.24, 2.45) is 0 Å². The van der Waals surface area contributed by atoms with Crippen LogP contribution in [-0.2, 0) is 51.6 Å². The second-order valence-corrected chi connectivity index (χ2v) is 3.55. The van der Waals surface area contributed by atoms with Crippen molar-refractivity contribution in [2.45, 2.75) is 0 Å². The number of phenols is 1. The first-order chi connectivity index (χ1) is 8.28. The Morgan fingerprint density at radius 3 is 2.11 bits per heavy atom. The normalized spacial score (nSPS) is 8.95. The van der Waals surface area contributed by atoms with Crippen molar-refractivity contribution >= 4 is 27.7 Å². The number of thiol groups is 1. The Morgan fingerprint density at radius 1 is 1.47 bits per heavy atom. The van der Waals surface area contributed by atoms with Gasteiger partial charge < -0.3 is 26.2 Å². The Labute approximate surface area is 125 Å². The monoisotopic (exact) mass is 361 g/mol. The number of hydrogen-bond acceptors (Lipinski definition) is 8. The fraction of sp³-hybridized carbons (Fsp3) is 0.125. The van der Waals surface area contributed by atoms with Crippen LogP contribution in [0.25, 0.3) is 0 Å². The Hall–Kier alpha value is -0.841. The predicted molar refractivity (Wildman–Crippen MR) is 64.3 cm³/mol.